The van der Waals surface area contributed by atoms with E-state index in [2.05, 4.69) is 4.98 Å². The van der Waals surface area contributed by atoms with E-state index in [0.29, 0.717) is 34.1 Å². The van der Waals surface area contributed by atoms with Gasteiger partial charge in [-0.15, -0.1) is 0 Å². The Morgan fingerprint density at radius 3 is 2.61 bits per heavy atom. The van der Waals surface area contributed by atoms with Crippen molar-refractivity contribution >= 4 is 28.6 Å². The second-order valence-corrected chi connectivity index (χ2v) is 7.17. The molecule has 0 saturated heterocycles. The molecular weight excluding hydrogens is 372 g/mol. The number of oxazole rings is 1. The molecule has 4 nitrogen and oxygen atoms in total. The summed E-state index contributed by atoms with van der Waals surface area (Å²) in [7, 11) is 0. The maximum atomic E-state index is 13.2. The zero-order valence-electron chi connectivity index (χ0n) is 15.4. The fourth-order valence-corrected chi connectivity index (χ4v) is 3.31. The predicted molar refractivity (Wildman–Crippen MR) is 110 cm³/mol. The van der Waals surface area contributed by atoms with Gasteiger partial charge in [-0.3, -0.25) is 4.79 Å². The number of aromatic nitrogens is 1. The Hall–Kier alpha value is -3.11. The van der Waals surface area contributed by atoms with Gasteiger partial charge in [0.05, 0.1) is 6.54 Å². The molecule has 140 valence electrons. The van der Waals surface area contributed by atoms with Crippen LogP contribution in [-0.2, 0) is 13.1 Å². The van der Waals surface area contributed by atoms with Gasteiger partial charge in [-0.2, -0.15) is 0 Å². The summed E-state index contributed by atoms with van der Waals surface area (Å²) in [5.41, 5.74) is 4.08. The molecule has 3 aromatic carbocycles. The lowest BCUT2D eigenvalue weighted by atomic mass is 10.1. The number of aryl methyl sites for hydroxylation is 1. The molecule has 1 aromatic heterocycles. The maximum Gasteiger partial charge on any atom is 0.254 e. The molecule has 0 atom stereocenters. The van der Waals surface area contributed by atoms with Crippen LogP contribution in [0.4, 0.5) is 0 Å². The molecule has 0 bridgehead atoms. The van der Waals surface area contributed by atoms with Crippen molar-refractivity contribution in [3.63, 3.8) is 0 Å². The summed E-state index contributed by atoms with van der Waals surface area (Å²) in [6, 6.07) is 22.8. The smallest absolute Gasteiger partial charge is 0.254 e. The van der Waals surface area contributed by atoms with Crippen LogP contribution in [0.3, 0.4) is 0 Å². The average molecular weight is 391 g/mol. The molecule has 4 aromatic rings. The number of fused-ring (bicyclic) bond motifs is 1. The molecule has 0 saturated carbocycles. The quantitative estimate of drug-likeness (QED) is 0.443. The van der Waals surface area contributed by atoms with Gasteiger partial charge in [0.2, 0.25) is 5.89 Å². The van der Waals surface area contributed by atoms with Crippen molar-refractivity contribution in [2.75, 3.05) is 0 Å². The fourth-order valence-electron chi connectivity index (χ4n) is 3.14. The van der Waals surface area contributed by atoms with E-state index in [1.807, 2.05) is 61.5 Å². The van der Waals surface area contributed by atoms with Crippen molar-refractivity contribution in [3.8, 4) is 0 Å². The fraction of sp³-hybridized carbons (Fsp3) is 0.130. The highest BCUT2D eigenvalue weighted by Crippen LogP contribution is 2.22. The Bertz CT molecular complexity index is 1120. The molecule has 0 N–H and O–H groups in total. The van der Waals surface area contributed by atoms with E-state index < -0.39 is 0 Å². The van der Waals surface area contributed by atoms with Crippen LogP contribution in [0.15, 0.2) is 77.2 Å². The van der Waals surface area contributed by atoms with Crippen LogP contribution in [0.1, 0.15) is 27.4 Å². The SMILES string of the molecule is Cc1cccc(C(=O)N(Cc2ccccc2)Cc2nc3cc(Cl)ccc3o2)c1. The molecule has 4 rings (SSSR count). The molecular formula is C23H19ClN2O2. The summed E-state index contributed by atoms with van der Waals surface area (Å²) in [4.78, 5) is 19.5. The maximum absolute atomic E-state index is 13.2. The minimum atomic E-state index is -0.0622. The number of nitrogens with zero attached hydrogens (tertiary/aromatic N) is 2. The summed E-state index contributed by atoms with van der Waals surface area (Å²) in [5.74, 6) is 0.419. The lowest BCUT2D eigenvalue weighted by molar-refractivity contribution is 0.0715. The van der Waals surface area contributed by atoms with Crippen molar-refractivity contribution in [1.29, 1.82) is 0 Å². The molecule has 1 heterocycles. The number of hydrogen-bond donors (Lipinski definition) is 0. The second kappa shape index (κ2) is 7.87. The van der Waals surface area contributed by atoms with Crippen LogP contribution in [0.5, 0.6) is 0 Å². The minimum absolute atomic E-state index is 0.0622. The van der Waals surface area contributed by atoms with Crippen molar-refractivity contribution in [2.24, 2.45) is 0 Å². The molecule has 0 unspecified atom stereocenters. The highest BCUT2D eigenvalue weighted by atomic mass is 35.5. The van der Waals surface area contributed by atoms with Crippen molar-refractivity contribution in [2.45, 2.75) is 20.0 Å². The van der Waals surface area contributed by atoms with E-state index in [0.717, 1.165) is 11.1 Å². The molecule has 0 aliphatic heterocycles. The van der Waals surface area contributed by atoms with Crippen molar-refractivity contribution in [1.82, 2.24) is 9.88 Å². The Morgan fingerprint density at radius 1 is 1.00 bits per heavy atom. The first-order valence-electron chi connectivity index (χ1n) is 9.03. The third-order valence-corrected chi connectivity index (χ3v) is 4.72. The largest absolute Gasteiger partial charge is 0.439 e. The third-order valence-electron chi connectivity index (χ3n) is 4.49. The van der Waals surface area contributed by atoms with E-state index in [1.165, 1.54) is 0 Å². The number of hydrogen-bond acceptors (Lipinski definition) is 3. The Morgan fingerprint density at radius 2 is 1.82 bits per heavy atom. The Kier molecular flexibility index (Phi) is 5.13. The predicted octanol–water partition coefficient (Wildman–Crippen LogP) is 5.63. The third kappa shape index (κ3) is 4.07. The summed E-state index contributed by atoms with van der Waals surface area (Å²) in [5, 5.41) is 0.601. The van der Waals surface area contributed by atoms with E-state index >= 15 is 0 Å². The topological polar surface area (TPSA) is 46.3 Å². The summed E-state index contributed by atoms with van der Waals surface area (Å²) in [6.07, 6.45) is 0. The lowest BCUT2D eigenvalue weighted by Gasteiger charge is -2.21. The molecule has 0 aliphatic rings. The number of carbonyl (C=O) groups is 1. The van der Waals surface area contributed by atoms with Crippen molar-refractivity contribution < 1.29 is 9.21 Å². The standard InChI is InChI=1S/C23H19ClN2O2/c1-16-6-5-9-18(12-16)23(27)26(14-17-7-3-2-4-8-17)15-22-25-20-13-19(24)10-11-21(20)28-22/h2-13H,14-15H2,1H3. The number of amides is 1. The van der Waals surface area contributed by atoms with Crippen molar-refractivity contribution in [3.05, 3.63) is 100 Å². The highest BCUT2D eigenvalue weighted by Gasteiger charge is 2.19. The first kappa shape index (κ1) is 18.3. The van der Waals surface area contributed by atoms with Crippen LogP contribution in [0.25, 0.3) is 11.1 Å². The molecule has 5 heteroatoms. The second-order valence-electron chi connectivity index (χ2n) is 6.74. The highest BCUT2D eigenvalue weighted by molar-refractivity contribution is 6.31. The van der Waals surface area contributed by atoms with Crippen LogP contribution < -0.4 is 0 Å². The van der Waals surface area contributed by atoms with Gasteiger partial charge < -0.3 is 9.32 Å². The molecule has 28 heavy (non-hydrogen) atoms. The zero-order valence-corrected chi connectivity index (χ0v) is 16.2. The number of carbonyl (C=O) groups excluding carboxylic acids is 1. The van der Waals surface area contributed by atoms with Gasteiger partial charge in [0, 0.05) is 17.1 Å². The minimum Gasteiger partial charge on any atom is -0.439 e. The first-order valence-corrected chi connectivity index (χ1v) is 9.41. The number of halogens is 1. The Labute approximate surface area is 168 Å². The lowest BCUT2D eigenvalue weighted by Crippen LogP contribution is -2.30. The normalized spacial score (nSPS) is 10.9. The van der Waals surface area contributed by atoms with Gasteiger partial charge in [0.15, 0.2) is 5.58 Å². The molecule has 0 radical (unpaired) electrons. The first-order chi connectivity index (χ1) is 13.6. The molecule has 0 fully saturated rings. The van der Waals surface area contributed by atoms with Crippen LogP contribution in [-0.4, -0.2) is 15.8 Å². The van der Waals surface area contributed by atoms with E-state index in [4.69, 9.17) is 16.0 Å². The van der Waals surface area contributed by atoms with Gasteiger partial charge in [-0.25, -0.2) is 4.98 Å². The zero-order chi connectivity index (χ0) is 19.5. The van der Waals surface area contributed by atoms with Gasteiger partial charge in [0.1, 0.15) is 5.52 Å². The van der Waals surface area contributed by atoms with Crippen LogP contribution in [0, 0.1) is 6.92 Å². The average Bonchev–Trinajstić information content (AvgIpc) is 3.09. The number of rotatable bonds is 5. The van der Waals surface area contributed by atoms with E-state index in [-0.39, 0.29) is 12.5 Å². The summed E-state index contributed by atoms with van der Waals surface area (Å²) in [6.45, 7) is 2.71. The van der Waals surface area contributed by atoms with Gasteiger partial charge in [0.25, 0.3) is 5.91 Å². The molecule has 0 aliphatic carbocycles. The van der Waals surface area contributed by atoms with Crippen LogP contribution >= 0.6 is 11.6 Å². The van der Waals surface area contributed by atoms with E-state index in [1.54, 1.807) is 23.1 Å². The number of benzene rings is 3. The van der Waals surface area contributed by atoms with Gasteiger partial charge in [-0.05, 0) is 42.8 Å². The summed E-state index contributed by atoms with van der Waals surface area (Å²) < 4.78 is 5.84. The summed E-state index contributed by atoms with van der Waals surface area (Å²) >= 11 is 6.04. The van der Waals surface area contributed by atoms with Gasteiger partial charge >= 0.3 is 0 Å². The van der Waals surface area contributed by atoms with Gasteiger partial charge in [-0.1, -0.05) is 59.6 Å². The monoisotopic (exact) mass is 390 g/mol. The van der Waals surface area contributed by atoms with Crippen LogP contribution in [0.2, 0.25) is 5.02 Å². The van der Waals surface area contributed by atoms with E-state index in [9.17, 15) is 4.79 Å². The Balaban J connectivity index is 1.66. The molecule has 1 amide bonds. The molecule has 0 spiro atoms.